The zero-order chi connectivity index (χ0) is 13.2. The molecule has 0 bridgehead atoms. The first-order chi connectivity index (χ1) is 9.31. The molecule has 0 radical (unpaired) electrons. The summed E-state index contributed by atoms with van der Waals surface area (Å²) in [5, 5.41) is 5.09. The molecule has 1 atom stereocenters. The molecule has 3 rings (SSSR count). The summed E-state index contributed by atoms with van der Waals surface area (Å²) >= 11 is 0. The molecule has 2 aromatic heterocycles. The smallest absolute Gasteiger partial charge is 0.340 e. The first-order valence-electron chi connectivity index (χ1n) is 6.32. The van der Waals surface area contributed by atoms with E-state index in [1.807, 2.05) is 0 Å². The van der Waals surface area contributed by atoms with Crippen LogP contribution in [0.4, 0.5) is 0 Å². The minimum absolute atomic E-state index is 0.0686. The Morgan fingerprint density at radius 1 is 1.42 bits per heavy atom. The van der Waals surface area contributed by atoms with Crippen LogP contribution < -0.4 is 0 Å². The normalized spacial score (nSPS) is 19.5. The largest absolute Gasteiger partial charge is 0.465 e. The number of esters is 1. The molecule has 0 N–H and O–H groups in total. The minimum Gasteiger partial charge on any atom is -0.465 e. The van der Waals surface area contributed by atoms with Gasteiger partial charge >= 0.3 is 5.97 Å². The van der Waals surface area contributed by atoms with Crippen molar-refractivity contribution in [2.45, 2.75) is 25.5 Å². The maximum Gasteiger partial charge on any atom is 0.340 e. The zero-order valence-corrected chi connectivity index (χ0v) is 10.7. The molecule has 1 aliphatic rings. The highest BCUT2D eigenvalue weighted by Crippen LogP contribution is 2.27. The molecule has 6 heteroatoms. The molecule has 0 aromatic carbocycles. The summed E-state index contributed by atoms with van der Waals surface area (Å²) in [6, 6.07) is 0. The Kier molecular flexibility index (Phi) is 3.16. The number of hydrogen-bond acceptors (Lipinski definition) is 5. The highest BCUT2D eigenvalue weighted by atomic mass is 16.5. The van der Waals surface area contributed by atoms with Crippen LogP contribution in [0.1, 0.15) is 35.8 Å². The van der Waals surface area contributed by atoms with Gasteiger partial charge in [0, 0.05) is 18.2 Å². The van der Waals surface area contributed by atoms with Gasteiger partial charge in [0.1, 0.15) is 0 Å². The fourth-order valence-corrected chi connectivity index (χ4v) is 2.38. The third-order valence-corrected chi connectivity index (χ3v) is 3.36. The molecule has 0 saturated carbocycles. The van der Waals surface area contributed by atoms with Crippen LogP contribution in [-0.4, -0.2) is 34.5 Å². The summed E-state index contributed by atoms with van der Waals surface area (Å²) < 4.78 is 12.3. The van der Waals surface area contributed by atoms with Crippen LogP contribution >= 0.6 is 0 Å². The molecule has 100 valence electrons. The van der Waals surface area contributed by atoms with Crippen molar-refractivity contribution in [2.75, 3.05) is 13.7 Å². The maximum absolute atomic E-state index is 11.7. The van der Waals surface area contributed by atoms with Crippen molar-refractivity contribution < 1.29 is 14.3 Å². The van der Waals surface area contributed by atoms with E-state index in [1.54, 1.807) is 17.1 Å². The number of rotatable bonds is 2. The number of fused-ring (bicyclic) bond motifs is 1. The lowest BCUT2D eigenvalue weighted by Gasteiger charge is -2.23. The first kappa shape index (κ1) is 12.1. The van der Waals surface area contributed by atoms with E-state index in [-0.39, 0.29) is 6.23 Å². The average Bonchev–Trinajstić information content (AvgIpc) is 2.91. The highest BCUT2D eigenvalue weighted by molar-refractivity contribution is 6.02. The molecule has 1 unspecified atom stereocenters. The number of pyridine rings is 1. The van der Waals surface area contributed by atoms with Crippen molar-refractivity contribution in [1.82, 2.24) is 14.8 Å². The molecular weight excluding hydrogens is 246 g/mol. The summed E-state index contributed by atoms with van der Waals surface area (Å²) in [5.74, 6) is -0.401. The number of aromatic nitrogens is 3. The van der Waals surface area contributed by atoms with Gasteiger partial charge in [0.05, 0.1) is 30.6 Å². The number of nitrogens with zero attached hydrogens (tertiary/aromatic N) is 3. The molecule has 1 fully saturated rings. The van der Waals surface area contributed by atoms with Gasteiger partial charge in [-0.15, -0.1) is 0 Å². The summed E-state index contributed by atoms with van der Waals surface area (Å²) in [7, 11) is 1.36. The van der Waals surface area contributed by atoms with Gasteiger partial charge in [-0.1, -0.05) is 0 Å². The molecular formula is C13H15N3O3. The Hall–Kier alpha value is -1.95. The van der Waals surface area contributed by atoms with Crippen molar-refractivity contribution in [2.24, 2.45) is 0 Å². The van der Waals surface area contributed by atoms with Crippen LogP contribution in [0, 0.1) is 0 Å². The Balaban J connectivity index is 2.05. The third kappa shape index (κ3) is 2.08. The van der Waals surface area contributed by atoms with E-state index in [2.05, 4.69) is 10.1 Å². The van der Waals surface area contributed by atoms with Crippen LogP contribution in [0.15, 0.2) is 18.6 Å². The van der Waals surface area contributed by atoms with Crippen LogP contribution in [0.5, 0.6) is 0 Å². The predicted molar refractivity (Wildman–Crippen MR) is 67.7 cm³/mol. The molecule has 6 nitrogen and oxygen atoms in total. The third-order valence-electron chi connectivity index (χ3n) is 3.36. The maximum atomic E-state index is 11.7. The number of hydrogen-bond donors (Lipinski definition) is 0. The number of ether oxygens (including phenoxy) is 2. The van der Waals surface area contributed by atoms with Gasteiger partial charge in [-0.2, -0.15) is 5.10 Å². The summed E-state index contributed by atoms with van der Waals surface area (Å²) in [6.45, 7) is 0.746. The molecule has 3 heterocycles. The van der Waals surface area contributed by atoms with E-state index in [1.165, 1.54) is 13.3 Å². The monoisotopic (exact) mass is 261 g/mol. The predicted octanol–water partition coefficient (Wildman–Crippen LogP) is 1.92. The van der Waals surface area contributed by atoms with E-state index < -0.39 is 5.97 Å². The van der Waals surface area contributed by atoms with Crippen molar-refractivity contribution in [1.29, 1.82) is 0 Å². The number of methoxy groups -OCH3 is 1. The zero-order valence-electron chi connectivity index (χ0n) is 10.7. The molecule has 0 aliphatic carbocycles. The van der Waals surface area contributed by atoms with E-state index in [0.717, 1.165) is 36.8 Å². The second-order valence-electron chi connectivity index (χ2n) is 4.52. The lowest BCUT2D eigenvalue weighted by atomic mass is 10.1. The molecule has 19 heavy (non-hydrogen) atoms. The molecule has 1 saturated heterocycles. The molecule has 1 aliphatic heterocycles. The van der Waals surface area contributed by atoms with Gasteiger partial charge < -0.3 is 9.47 Å². The second-order valence-corrected chi connectivity index (χ2v) is 4.52. The second kappa shape index (κ2) is 4.97. The van der Waals surface area contributed by atoms with Gasteiger partial charge in [-0.25, -0.2) is 9.48 Å². The van der Waals surface area contributed by atoms with E-state index in [9.17, 15) is 4.79 Å². The van der Waals surface area contributed by atoms with Crippen LogP contribution in [0.25, 0.3) is 10.9 Å². The van der Waals surface area contributed by atoms with Crippen LogP contribution in [0.3, 0.4) is 0 Å². The lowest BCUT2D eigenvalue weighted by Crippen LogP contribution is -2.19. The fourth-order valence-electron chi connectivity index (χ4n) is 2.38. The number of carbonyl (C=O) groups excluding carboxylic acids is 1. The van der Waals surface area contributed by atoms with Crippen molar-refractivity contribution in [3.63, 3.8) is 0 Å². The topological polar surface area (TPSA) is 66.2 Å². The average molecular weight is 261 g/mol. The molecule has 0 amide bonds. The van der Waals surface area contributed by atoms with Crippen molar-refractivity contribution in [3.8, 4) is 0 Å². The summed E-state index contributed by atoms with van der Waals surface area (Å²) in [5.41, 5.74) is 1.23. The standard InChI is InChI=1S/C13H15N3O3/c1-18-13(17)10-6-14-8-11-9(10)7-15-16(11)12-4-2-3-5-19-12/h6-8,12H,2-5H2,1H3. The Bertz CT molecular complexity index is 602. The highest BCUT2D eigenvalue weighted by Gasteiger charge is 2.21. The summed E-state index contributed by atoms with van der Waals surface area (Å²) in [4.78, 5) is 15.8. The van der Waals surface area contributed by atoms with Gasteiger partial charge in [0.2, 0.25) is 0 Å². The Morgan fingerprint density at radius 3 is 3.05 bits per heavy atom. The SMILES string of the molecule is COC(=O)c1cncc2c1cnn2C1CCCCO1. The summed E-state index contributed by atoms with van der Waals surface area (Å²) in [6.07, 6.45) is 7.94. The first-order valence-corrected chi connectivity index (χ1v) is 6.32. The lowest BCUT2D eigenvalue weighted by molar-refractivity contribution is -0.0367. The molecule has 0 spiro atoms. The van der Waals surface area contributed by atoms with E-state index in [4.69, 9.17) is 9.47 Å². The van der Waals surface area contributed by atoms with Crippen LogP contribution in [-0.2, 0) is 9.47 Å². The van der Waals surface area contributed by atoms with E-state index in [0.29, 0.717) is 5.56 Å². The van der Waals surface area contributed by atoms with Gasteiger partial charge in [0.15, 0.2) is 6.23 Å². The van der Waals surface area contributed by atoms with Crippen molar-refractivity contribution in [3.05, 3.63) is 24.2 Å². The van der Waals surface area contributed by atoms with Gasteiger partial charge in [-0.3, -0.25) is 4.98 Å². The van der Waals surface area contributed by atoms with Crippen molar-refractivity contribution >= 4 is 16.9 Å². The quantitative estimate of drug-likeness (QED) is 0.773. The van der Waals surface area contributed by atoms with Gasteiger partial charge in [-0.05, 0) is 19.3 Å². The fraction of sp³-hybridized carbons (Fsp3) is 0.462. The Labute approximate surface area is 110 Å². The number of carbonyl (C=O) groups is 1. The van der Waals surface area contributed by atoms with Gasteiger partial charge in [0.25, 0.3) is 0 Å². The van der Waals surface area contributed by atoms with Crippen LogP contribution in [0.2, 0.25) is 0 Å². The van der Waals surface area contributed by atoms with E-state index >= 15 is 0 Å². The molecule has 2 aromatic rings. The Morgan fingerprint density at radius 2 is 2.32 bits per heavy atom. The minimum atomic E-state index is -0.401.